The molecule has 0 heterocycles. The molecule has 2 N–H and O–H groups in total. The number of aliphatic hydroxyl groups excluding tert-OH is 1. The Morgan fingerprint density at radius 1 is 1.31 bits per heavy atom. The second kappa shape index (κ2) is 6.47. The van der Waals surface area contributed by atoms with E-state index >= 15 is 0 Å². The highest BCUT2D eigenvalue weighted by Crippen LogP contribution is 2.65. The van der Waals surface area contributed by atoms with Crippen molar-refractivity contribution in [2.75, 3.05) is 6.61 Å². The van der Waals surface area contributed by atoms with Gasteiger partial charge >= 0.3 is 5.97 Å². The summed E-state index contributed by atoms with van der Waals surface area (Å²) in [6.07, 6.45) is 8.54. The van der Waals surface area contributed by atoms with E-state index in [1.54, 1.807) is 12.2 Å². The highest BCUT2D eigenvalue weighted by atomic mass is 16.5. The van der Waals surface area contributed by atoms with Gasteiger partial charge < -0.3 is 14.9 Å². The third kappa shape index (κ3) is 2.65. The second-order valence-corrected chi connectivity index (χ2v) is 9.36. The van der Waals surface area contributed by atoms with Gasteiger partial charge in [-0.05, 0) is 56.6 Å². The van der Waals surface area contributed by atoms with Gasteiger partial charge in [0.1, 0.15) is 0 Å². The van der Waals surface area contributed by atoms with Crippen LogP contribution in [0.15, 0.2) is 35.5 Å². The molecule has 0 aromatic heterocycles. The molecule has 2 saturated carbocycles. The van der Waals surface area contributed by atoms with Crippen molar-refractivity contribution in [3.8, 4) is 0 Å². The van der Waals surface area contributed by atoms with Crippen LogP contribution in [0.3, 0.4) is 0 Å². The smallest absolute Gasteiger partial charge is 0.303 e. The van der Waals surface area contributed by atoms with E-state index in [2.05, 4.69) is 13.0 Å². The zero-order valence-electron chi connectivity index (χ0n) is 17.1. The summed E-state index contributed by atoms with van der Waals surface area (Å²) in [4.78, 5) is 35.8. The van der Waals surface area contributed by atoms with Crippen LogP contribution in [-0.4, -0.2) is 46.1 Å². The standard InChI is InChI=1S/C23H28O6/c1-13(24)29-12-20(27)23(28)19(26)11-18-16-5-4-14-10-15(25)6-8-21(14,2)17(16)7-9-22(18,23)3/h6-8,10,16,18-19,26,28H,4-5,9,11-12H2,1-3H3/t16?,18?,19-,21?,22-,23+/m0/s1. The molecule has 29 heavy (non-hydrogen) atoms. The van der Waals surface area contributed by atoms with Crippen LogP contribution < -0.4 is 0 Å². The van der Waals surface area contributed by atoms with Gasteiger partial charge in [0.2, 0.25) is 5.78 Å². The van der Waals surface area contributed by atoms with Crippen molar-refractivity contribution in [1.82, 2.24) is 0 Å². The monoisotopic (exact) mass is 400 g/mol. The summed E-state index contributed by atoms with van der Waals surface area (Å²) in [5.41, 5.74) is -0.805. The predicted octanol–water partition coefficient (Wildman–Crippen LogP) is 2.05. The summed E-state index contributed by atoms with van der Waals surface area (Å²) >= 11 is 0. The molecule has 0 aliphatic heterocycles. The maximum absolute atomic E-state index is 12.9. The zero-order chi connectivity index (χ0) is 21.2. The van der Waals surface area contributed by atoms with Crippen LogP contribution in [-0.2, 0) is 19.1 Å². The van der Waals surface area contributed by atoms with Gasteiger partial charge in [0.25, 0.3) is 0 Å². The highest BCUT2D eigenvalue weighted by Gasteiger charge is 2.68. The first-order valence-corrected chi connectivity index (χ1v) is 10.3. The normalized spacial score (nSPS) is 42.9. The molecule has 0 radical (unpaired) electrons. The molecule has 2 fully saturated rings. The molecule has 3 unspecified atom stereocenters. The van der Waals surface area contributed by atoms with E-state index in [9.17, 15) is 24.6 Å². The van der Waals surface area contributed by atoms with Crippen LogP contribution in [0.25, 0.3) is 0 Å². The maximum atomic E-state index is 12.9. The van der Waals surface area contributed by atoms with E-state index in [1.165, 1.54) is 12.5 Å². The van der Waals surface area contributed by atoms with Crippen LogP contribution in [0.2, 0.25) is 0 Å². The molecule has 6 heteroatoms. The lowest BCUT2D eigenvalue weighted by Crippen LogP contribution is -2.59. The number of carbonyl (C=O) groups is 3. The Morgan fingerprint density at radius 2 is 2.03 bits per heavy atom. The molecule has 6 atom stereocenters. The van der Waals surface area contributed by atoms with Crippen LogP contribution in [0.1, 0.15) is 46.5 Å². The van der Waals surface area contributed by atoms with Crippen molar-refractivity contribution in [3.63, 3.8) is 0 Å². The molecule has 0 amide bonds. The number of rotatable bonds is 3. The van der Waals surface area contributed by atoms with Gasteiger partial charge in [-0.1, -0.05) is 30.2 Å². The van der Waals surface area contributed by atoms with Gasteiger partial charge in [0.05, 0.1) is 6.10 Å². The average molecular weight is 400 g/mol. The van der Waals surface area contributed by atoms with Crippen LogP contribution in [0.4, 0.5) is 0 Å². The van der Waals surface area contributed by atoms with Crippen molar-refractivity contribution in [2.45, 2.75) is 58.2 Å². The number of esters is 1. The minimum Gasteiger partial charge on any atom is -0.458 e. The minimum absolute atomic E-state index is 0.0129. The van der Waals surface area contributed by atoms with Gasteiger partial charge in [0, 0.05) is 17.8 Å². The van der Waals surface area contributed by atoms with Crippen LogP contribution in [0, 0.1) is 22.7 Å². The fourth-order valence-electron chi connectivity index (χ4n) is 6.33. The molecule has 6 nitrogen and oxygen atoms in total. The Morgan fingerprint density at radius 3 is 2.72 bits per heavy atom. The van der Waals surface area contributed by atoms with E-state index in [4.69, 9.17) is 4.74 Å². The number of hydrogen-bond acceptors (Lipinski definition) is 6. The van der Waals surface area contributed by atoms with Crippen molar-refractivity contribution < 1.29 is 29.3 Å². The number of carbonyl (C=O) groups excluding carboxylic acids is 3. The number of fused-ring (bicyclic) bond motifs is 5. The quantitative estimate of drug-likeness (QED) is 0.555. The van der Waals surface area contributed by atoms with Crippen molar-refractivity contribution >= 4 is 17.5 Å². The second-order valence-electron chi connectivity index (χ2n) is 9.36. The first-order valence-electron chi connectivity index (χ1n) is 10.3. The predicted molar refractivity (Wildman–Crippen MR) is 105 cm³/mol. The highest BCUT2D eigenvalue weighted by molar-refractivity contribution is 6.01. The Balaban J connectivity index is 1.71. The summed E-state index contributed by atoms with van der Waals surface area (Å²) in [6.45, 7) is 4.65. The number of ether oxygens (including phenoxy) is 1. The summed E-state index contributed by atoms with van der Waals surface area (Å²) in [5.74, 6) is -1.20. The van der Waals surface area contributed by atoms with Gasteiger partial charge in [-0.2, -0.15) is 0 Å². The van der Waals surface area contributed by atoms with Crippen molar-refractivity contribution in [3.05, 3.63) is 35.5 Å². The Hall–Kier alpha value is -2.05. The average Bonchev–Trinajstić information content (AvgIpc) is 2.88. The third-order valence-corrected chi connectivity index (χ3v) is 8.00. The van der Waals surface area contributed by atoms with Gasteiger partial charge in [0.15, 0.2) is 18.0 Å². The Labute approximate surface area is 170 Å². The first-order chi connectivity index (χ1) is 13.5. The maximum Gasteiger partial charge on any atom is 0.303 e. The SMILES string of the molecule is CC(=O)OCC(=O)[C@]1(O)[C@@H](O)CC2C3CCC4=CC(=O)C=CC4(C)C3=CC[C@@]21C. The molecular weight excluding hydrogens is 372 g/mol. The number of aliphatic hydroxyl groups is 2. The Kier molecular flexibility index (Phi) is 4.52. The lowest BCUT2D eigenvalue weighted by Gasteiger charge is -2.53. The van der Waals surface area contributed by atoms with Gasteiger partial charge in [-0.15, -0.1) is 0 Å². The van der Waals surface area contributed by atoms with Gasteiger partial charge in [-0.25, -0.2) is 0 Å². The molecule has 0 aromatic carbocycles. The fourth-order valence-corrected chi connectivity index (χ4v) is 6.33. The summed E-state index contributed by atoms with van der Waals surface area (Å²) < 4.78 is 4.83. The summed E-state index contributed by atoms with van der Waals surface area (Å²) in [7, 11) is 0. The lowest BCUT2D eigenvalue weighted by molar-refractivity contribution is -0.174. The number of hydrogen-bond donors (Lipinski definition) is 2. The van der Waals surface area contributed by atoms with Crippen molar-refractivity contribution in [1.29, 1.82) is 0 Å². The van der Waals surface area contributed by atoms with E-state index in [1.807, 2.05) is 13.0 Å². The van der Waals surface area contributed by atoms with Crippen LogP contribution >= 0.6 is 0 Å². The molecular formula is C23H28O6. The molecule has 0 spiro atoms. The fraction of sp³-hybridized carbons (Fsp3) is 0.609. The van der Waals surface area contributed by atoms with E-state index in [-0.39, 0.29) is 23.0 Å². The zero-order valence-corrected chi connectivity index (χ0v) is 17.1. The molecule has 4 rings (SSSR count). The molecule has 4 aliphatic rings. The van der Waals surface area contributed by atoms with Crippen molar-refractivity contribution in [2.24, 2.45) is 22.7 Å². The number of ketones is 2. The molecule has 156 valence electrons. The summed E-state index contributed by atoms with van der Waals surface area (Å²) in [5, 5.41) is 22.2. The van der Waals surface area contributed by atoms with E-state index in [0.29, 0.717) is 12.8 Å². The molecule has 0 bridgehead atoms. The molecule has 0 saturated heterocycles. The largest absolute Gasteiger partial charge is 0.458 e. The minimum atomic E-state index is -1.95. The lowest BCUT2D eigenvalue weighted by atomic mass is 9.51. The van der Waals surface area contributed by atoms with E-state index < -0.39 is 35.5 Å². The molecule has 4 aliphatic carbocycles. The number of Topliss-reactive ketones (excluding diaryl/α,β-unsaturated/α-hetero) is 1. The Bertz CT molecular complexity index is 882. The third-order valence-electron chi connectivity index (χ3n) is 8.00. The summed E-state index contributed by atoms with van der Waals surface area (Å²) in [6, 6.07) is 0. The van der Waals surface area contributed by atoms with Crippen LogP contribution in [0.5, 0.6) is 0 Å². The molecule has 0 aromatic rings. The first kappa shape index (κ1) is 20.2. The number of allylic oxidation sites excluding steroid dienone is 6. The van der Waals surface area contributed by atoms with Gasteiger partial charge in [-0.3, -0.25) is 14.4 Å². The van der Waals surface area contributed by atoms with E-state index in [0.717, 1.165) is 18.4 Å². The topological polar surface area (TPSA) is 101 Å².